The van der Waals surface area contributed by atoms with Crippen LogP contribution in [0, 0.1) is 6.92 Å². The Hall–Kier alpha value is -3.48. The van der Waals surface area contributed by atoms with E-state index in [1.54, 1.807) is 32.1 Å². The topological polar surface area (TPSA) is 78.2 Å². The molecule has 0 saturated heterocycles. The second-order valence-electron chi connectivity index (χ2n) is 7.60. The zero-order valence-electron chi connectivity index (χ0n) is 18.1. The normalized spacial score (nSPS) is 15.5. The molecule has 1 aliphatic rings. The van der Waals surface area contributed by atoms with Crippen molar-refractivity contribution in [1.29, 1.82) is 0 Å². The first kappa shape index (κ1) is 20.8. The highest BCUT2D eigenvalue weighted by Crippen LogP contribution is 2.38. The number of carbonyl (C=O) groups excluding carboxylic acids is 1. The van der Waals surface area contributed by atoms with Crippen LogP contribution in [0.15, 0.2) is 45.6 Å². The van der Waals surface area contributed by atoms with Crippen LogP contribution in [0.5, 0.6) is 17.2 Å². The molecule has 0 fully saturated rings. The maximum atomic E-state index is 12.3. The lowest BCUT2D eigenvalue weighted by Gasteiger charge is -2.37. The number of benzene rings is 2. The highest BCUT2D eigenvalue weighted by atomic mass is 16.5. The Balaban J connectivity index is 1.67. The molecule has 0 spiro atoms. The Kier molecular flexibility index (Phi) is 5.59. The van der Waals surface area contributed by atoms with E-state index in [-0.39, 0.29) is 18.6 Å². The third kappa shape index (κ3) is 3.95. The van der Waals surface area contributed by atoms with Crippen molar-refractivity contribution in [2.45, 2.75) is 26.3 Å². The van der Waals surface area contributed by atoms with Crippen molar-refractivity contribution in [3.63, 3.8) is 0 Å². The summed E-state index contributed by atoms with van der Waals surface area (Å²) >= 11 is 0. The van der Waals surface area contributed by atoms with Crippen LogP contribution in [-0.4, -0.2) is 38.2 Å². The standard InChI is InChI=1S/C24H25NO6/c1-14-9-24(27)31-21-11-17(5-6-18(14)21)30-13-20-19-12-23(29-4)22(28-3)10-16(19)7-8-25(20)15(2)26/h5-6,9-12,20H,7-8,13H2,1-4H3/t20-/m1/s1. The fourth-order valence-electron chi connectivity index (χ4n) is 4.15. The van der Waals surface area contributed by atoms with Crippen LogP contribution in [0.4, 0.5) is 0 Å². The molecule has 3 aromatic rings. The van der Waals surface area contributed by atoms with Crippen LogP contribution >= 0.6 is 0 Å². The molecule has 1 amide bonds. The molecule has 2 heterocycles. The van der Waals surface area contributed by atoms with E-state index in [2.05, 4.69) is 0 Å². The third-order valence-corrected chi connectivity index (χ3v) is 5.74. The van der Waals surface area contributed by atoms with Crippen molar-refractivity contribution in [2.24, 2.45) is 0 Å². The Bertz CT molecular complexity index is 1200. The van der Waals surface area contributed by atoms with Crippen LogP contribution < -0.4 is 19.8 Å². The number of amides is 1. The molecule has 1 atom stereocenters. The fourth-order valence-corrected chi connectivity index (χ4v) is 4.15. The van der Waals surface area contributed by atoms with Crippen molar-refractivity contribution in [3.05, 3.63) is 63.5 Å². The number of methoxy groups -OCH3 is 2. The van der Waals surface area contributed by atoms with Gasteiger partial charge in [0.25, 0.3) is 0 Å². The summed E-state index contributed by atoms with van der Waals surface area (Å²) in [6.45, 7) is 4.28. The summed E-state index contributed by atoms with van der Waals surface area (Å²) in [6.07, 6.45) is 0.728. The summed E-state index contributed by atoms with van der Waals surface area (Å²) in [5.41, 5.74) is 3.00. The van der Waals surface area contributed by atoms with Gasteiger partial charge in [-0.1, -0.05) is 0 Å². The van der Waals surface area contributed by atoms with Crippen LogP contribution in [0.1, 0.15) is 29.7 Å². The molecule has 0 saturated carbocycles. The van der Waals surface area contributed by atoms with E-state index >= 15 is 0 Å². The lowest BCUT2D eigenvalue weighted by Crippen LogP contribution is -2.41. The molecular formula is C24H25NO6. The van der Waals surface area contributed by atoms with Gasteiger partial charge in [-0.3, -0.25) is 4.79 Å². The lowest BCUT2D eigenvalue weighted by molar-refractivity contribution is -0.132. The van der Waals surface area contributed by atoms with Gasteiger partial charge in [-0.05, 0) is 54.3 Å². The van der Waals surface area contributed by atoms with Gasteiger partial charge in [-0.15, -0.1) is 0 Å². The van der Waals surface area contributed by atoms with Crippen LogP contribution in [0.25, 0.3) is 11.0 Å². The van der Waals surface area contributed by atoms with Gasteiger partial charge in [0.1, 0.15) is 17.9 Å². The van der Waals surface area contributed by atoms with E-state index in [9.17, 15) is 9.59 Å². The van der Waals surface area contributed by atoms with Crippen LogP contribution in [0.2, 0.25) is 0 Å². The van der Waals surface area contributed by atoms with E-state index < -0.39 is 5.63 Å². The number of carbonyl (C=O) groups is 1. The molecule has 2 aromatic carbocycles. The molecule has 0 bridgehead atoms. The predicted molar refractivity (Wildman–Crippen MR) is 116 cm³/mol. The number of aryl methyl sites for hydroxylation is 1. The number of fused-ring (bicyclic) bond motifs is 2. The maximum absolute atomic E-state index is 12.3. The van der Waals surface area contributed by atoms with E-state index in [0.29, 0.717) is 29.4 Å². The second kappa shape index (κ2) is 8.34. The predicted octanol–water partition coefficient (Wildman–Crippen LogP) is 3.64. The molecule has 7 heteroatoms. The highest BCUT2D eigenvalue weighted by molar-refractivity contribution is 5.81. The number of ether oxygens (including phenoxy) is 3. The minimum atomic E-state index is -0.396. The van der Waals surface area contributed by atoms with Crippen molar-refractivity contribution in [3.8, 4) is 17.2 Å². The first-order chi connectivity index (χ1) is 14.9. The van der Waals surface area contributed by atoms with E-state index in [4.69, 9.17) is 18.6 Å². The Labute approximate surface area is 180 Å². The summed E-state index contributed by atoms with van der Waals surface area (Å²) in [5, 5.41) is 0.858. The van der Waals surface area contributed by atoms with Gasteiger partial charge in [0.2, 0.25) is 5.91 Å². The fraction of sp³-hybridized carbons (Fsp3) is 0.333. The molecule has 162 valence electrons. The quantitative estimate of drug-likeness (QED) is 0.583. The molecule has 0 unspecified atom stereocenters. The number of hydrogen-bond acceptors (Lipinski definition) is 6. The van der Waals surface area contributed by atoms with Gasteiger partial charge in [0, 0.05) is 31.0 Å². The Morgan fingerprint density at radius 1 is 1.13 bits per heavy atom. The van der Waals surface area contributed by atoms with E-state index in [0.717, 1.165) is 28.5 Å². The van der Waals surface area contributed by atoms with Gasteiger partial charge < -0.3 is 23.5 Å². The molecule has 0 radical (unpaired) electrons. The Morgan fingerprint density at radius 2 is 1.87 bits per heavy atom. The molecule has 31 heavy (non-hydrogen) atoms. The molecular weight excluding hydrogens is 398 g/mol. The monoisotopic (exact) mass is 423 g/mol. The van der Waals surface area contributed by atoms with Crippen molar-refractivity contribution < 1.29 is 23.4 Å². The summed E-state index contributed by atoms with van der Waals surface area (Å²) in [6, 6.07) is 10.5. The molecule has 0 aliphatic carbocycles. The van der Waals surface area contributed by atoms with E-state index in [1.807, 2.05) is 31.2 Å². The summed E-state index contributed by atoms with van der Waals surface area (Å²) in [7, 11) is 3.20. The summed E-state index contributed by atoms with van der Waals surface area (Å²) in [5.74, 6) is 1.82. The summed E-state index contributed by atoms with van der Waals surface area (Å²) < 4.78 is 22.3. The molecule has 1 aromatic heterocycles. The van der Waals surface area contributed by atoms with Crippen molar-refractivity contribution in [2.75, 3.05) is 27.4 Å². The zero-order valence-corrected chi connectivity index (χ0v) is 18.1. The molecule has 1 aliphatic heterocycles. The molecule has 4 rings (SSSR count). The maximum Gasteiger partial charge on any atom is 0.336 e. The van der Waals surface area contributed by atoms with Crippen LogP contribution in [-0.2, 0) is 11.2 Å². The largest absolute Gasteiger partial charge is 0.493 e. The number of hydrogen-bond donors (Lipinski definition) is 0. The molecule has 7 nitrogen and oxygen atoms in total. The van der Waals surface area contributed by atoms with Gasteiger partial charge in [-0.25, -0.2) is 4.79 Å². The number of rotatable bonds is 5. The van der Waals surface area contributed by atoms with Gasteiger partial charge in [0.05, 0.1) is 20.3 Å². The third-order valence-electron chi connectivity index (χ3n) is 5.74. The Morgan fingerprint density at radius 3 is 2.58 bits per heavy atom. The smallest absolute Gasteiger partial charge is 0.336 e. The van der Waals surface area contributed by atoms with Crippen LogP contribution in [0.3, 0.4) is 0 Å². The minimum absolute atomic E-state index is 0.0193. The molecule has 0 N–H and O–H groups in total. The average Bonchev–Trinajstić information content (AvgIpc) is 2.75. The first-order valence-corrected chi connectivity index (χ1v) is 10.1. The van der Waals surface area contributed by atoms with Crippen molar-refractivity contribution >= 4 is 16.9 Å². The highest BCUT2D eigenvalue weighted by Gasteiger charge is 2.31. The van der Waals surface area contributed by atoms with Gasteiger partial charge in [0.15, 0.2) is 11.5 Å². The second-order valence-corrected chi connectivity index (χ2v) is 7.60. The SMILES string of the molecule is COc1cc2c(cc1OC)[C@@H](COc1ccc3c(C)cc(=O)oc3c1)N(C(C)=O)CC2. The van der Waals surface area contributed by atoms with Crippen molar-refractivity contribution in [1.82, 2.24) is 4.90 Å². The average molecular weight is 423 g/mol. The number of nitrogens with zero attached hydrogens (tertiary/aromatic N) is 1. The first-order valence-electron chi connectivity index (χ1n) is 10.1. The zero-order chi connectivity index (χ0) is 22.1. The summed E-state index contributed by atoms with van der Waals surface area (Å²) in [4.78, 5) is 25.8. The van der Waals surface area contributed by atoms with Gasteiger partial charge >= 0.3 is 5.63 Å². The lowest BCUT2D eigenvalue weighted by atomic mass is 9.92. The minimum Gasteiger partial charge on any atom is -0.493 e. The van der Waals surface area contributed by atoms with E-state index in [1.165, 1.54) is 6.07 Å². The van der Waals surface area contributed by atoms with Gasteiger partial charge in [-0.2, -0.15) is 0 Å².